The average molecular weight is 309 g/mol. The average Bonchev–Trinajstić information content (AvgIpc) is 3.19. The predicted octanol–water partition coefficient (Wildman–Crippen LogP) is 0.803. The van der Waals surface area contributed by atoms with Gasteiger partial charge in [0.2, 0.25) is 0 Å². The molecule has 3 heterocycles. The third-order valence-electron chi connectivity index (χ3n) is 3.53. The summed E-state index contributed by atoms with van der Waals surface area (Å²) in [6, 6.07) is 4.29. The summed E-state index contributed by atoms with van der Waals surface area (Å²) in [6.45, 7) is 4.53. The Kier molecular flexibility index (Phi) is 4.91. The molecule has 1 aliphatic heterocycles. The zero-order valence-electron chi connectivity index (χ0n) is 12.0. The highest BCUT2D eigenvalue weighted by atomic mass is 32.1. The summed E-state index contributed by atoms with van der Waals surface area (Å²) in [5, 5.41) is 14.3. The van der Waals surface area contributed by atoms with Crippen molar-refractivity contribution in [1.82, 2.24) is 25.1 Å². The molecular formula is C13H19N5O2S. The first-order chi connectivity index (χ1) is 10.4. The van der Waals surface area contributed by atoms with Gasteiger partial charge in [0.1, 0.15) is 6.04 Å². The SMILES string of the molecule is COCCn1nnnc1[C@H](c1cccs1)N1CCOCC1. The van der Waals surface area contributed by atoms with E-state index in [9.17, 15) is 0 Å². The molecule has 0 amide bonds. The van der Waals surface area contributed by atoms with E-state index in [0.29, 0.717) is 13.2 Å². The van der Waals surface area contributed by atoms with Crippen LogP contribution >= 0.6 is 11.3 Å². The summed E-state index contributed by atoms with van der Waals surface area (Å²) in [6.07, 6.45) is 0. The number of aromatic nitrogens is 4. The molecule has 114 valence electrons. The van der Waals surface area contributed by atoms with Gasteiger partial charge in [0.05, 0.1) is 26.4 Å². The summed E-state index contributed by atoms with van der Waals surface area (Å²) in [5.41, 5.74) is 0. The van der Waals surface area contributed by atoms with Gasteiger partial charge in [-0.15, -0.1) is 16.4 Å². The number of tetrazole rings is 1. The molecule has 0 N–H and O–H groups in total. The molecule has 2 aromatic heterocycles. The van der Waals surface area contributed by atoms with Crippen molar-refractivity contribution in [1.29, 1.82) is 0 Å². The smallest absolute Gasteiger partial charge is 0.173 e. The molecule has 1 aliphatic rings. The normalized spacial score (nSPS) is 18.0. The van der Waals surface area contributed by atoms with Gasteiger partial charge in [0.25, 0.3) is 0 Å². The van der Waals surface area contributed by atoms with Crippen LogP contribution in [0.15, 0.2) is 17.5 Å². The van der Waals surface area contributed by atoms with E-state index in [4.69, 9.17) is 9.47 Å². The Labute approximate surface area is 127 Å². The summed E-state index contributed by atoms with van der Waals surface area (Å²) >= 11 is 1.73. The molecule has 1 atom stereocenters. The van der Waals surface area contributed by atoms with Crippen LogP contribution < -0.4 is 0 Å². The van der Waals surface area contributed by atoms with Crippen molar-refractivity contribution in [2.24, 2.45) is 0 Å². The fourth-order valence-electron chi connectivity index (χ4n) is 2.50. The summed E-state index contributed by atoms with van der Waals surface area (Å²) in [7, 11) is 1.68. The van der Waals surface area contributed by atoms with Crippen LogP contribution in [0.4, 0.5) is 0 Å². The number of methoxy groups -OCH3 is 1. The monoisotopic (exact) mass is 309 g/mol. The van der Waals surface area contributed by atoms with Gasteiger partial charge in [-0.05, 0) is 21.9 Å². The van der Waals surface area contributed by atoms with Gasteiger partial charge in [0, 0.05) is 25.1 Å². The lowest BCUT2D eigenvalue weighted by Crippen LogP contribution is -2.40. The van der Waals surface area contributed by atoms with Gasteiger partial charge in [-0.1, -0.05) is 6.07 Å². The maximum Gasteiger partial charge on any atom is 0.173 e. The lowest BCUT2D eigenvalue weighted by atomic mass is 10.1. The molecule has 0 radical (unpaired) electrons. The van der Waals surface area contributed by atoms with Gasteiger partial charge < -0.3 is 9.47 Å². The molecule has 21 heavy (non-hydrogen) atoms. The van der Waals surface area contributed by atoms with Crippen LogP contribution in [0.1, 0.15) is 16.7 Å². The lowest BCUT2D eigenvalue weighted by Gasteiger charge is -2.33. The maximum atomic E-state index is 5.46. The minimum absolute atomic E-state index is 0.0840. The zero-order chi connectivity index (χ0) is 14.5. The van der Waals surface area contributed by atoms with Crippen molar-refractivity contribution < 1.29 is 9.47 Å². The molecule has 8 heteroatoms. The Morgan fingerprint density at radius 2 is 2.29 bits per heavy atom. The van der Waals surface area contributed by atoms with Gasteiger partial charge >= 0.3 is 0 Å². The van der Waals surface area contributed by atoms with Crippen LogP contribution in [0.25, 0.3) is 0 Å². The van der Waals surface area contributed by atoms with Crippen LogP contribution in [0.2, 0.25) is 0 Å². The number of morpholine rings is 1. The number of ether oxygens (including phenoxy) is 2. The van der Waals surface area contributed by atoms with Crippen molar-refractivity contribution in [3.8, 4) is 0 Å². The van der Waals surface area contributed by atoms with Crippen molar-refractivity contribution in [3.63, 3.8) is 0 Å². The standard InChI is InChI=1S/C13H19N5O2S/c1-19-7-6-18-13(14-15-16-18)12(11-3-2-10-21-11)17-4-8-20-9-5-17/h2-3,10,12H,4-9H2,1H3/t12-/m0/s1. The van der Waals surface area contributed by atoms with Gasteiger partial charge in [-0.2, -0.15) is 0 Å². The second-order valence-electron chi connectivity index (χ2n) is 4.82. The van der Waals surface area contributed by atoms with Crippen LogP contribution in [0.3, 0.4) is 0 Å². The van der Waals surface area contributed by atoms with Crippen molar-refractivity contribution in [2.75, 3.05) is 40.0 Å². The van der Waals surface area contributed by atoms with Gasteiger partial charge in [-0.3, -0.25) is 4.90 Å². The lowest BCUT2D eigenvalue weighted by molar-refractivity contribution is 0.0220. The third-order valence-corrected chi connectivity index (χ3v) is 4.46. The zero-order valence-corrected chi connectivity index (χ0v) is 12.8. The Morgan fingerprint density at radius 3 is 3.00 bits per heavy atom. The molecule has 0 bridgehead atoms. The topological polar surface area (TPSA) is 65.3 Å². The molecule has 7 nitrogen and oxygen atoms in total. The third kappa shape index (κ3) is 3.29. The summed E-state index contributed by atoms with van der Waals surface area (Å²) in [5.74, 6) is 0.872. The first-order valence-corrected chi connectivity index (χ1v) is 7.88. The van der Waals surface area contributed by atoms with Crippen molar-refractivity contribution in [3.05, 3.63) is 28.2 Å². The van der Waals surface area contributed by atoms with Crippen molar-refractivity contribution >= 4 is 11.3 Å². The number of hydrogen-bond donors (Lipinski definition) is 0. The highest BCUT2D eigenvalue weighted by molar-refractivity contribution is 7.10. The molecule has 3 rings (SSSR count). The minimum atomic E-state index is 0.0840. The van der Waals surface area contributed by atoms with Crippen LogP contribution in [-0.2, 0) is 16.0 Å². The molecule has 1 saturated heterocycles. The molecule has 1 fully saturated rings. The van der Waals surface area contributed by atoms with E-state index in [0.717, 1.165) is 32.1 Å². The molecular weight excluding hydrogens is 290 g/mol. The quantitative estimate of drug-likeness (QED) is 0.786. The van der Waals surface area contributed by atoms with Crippen molar-refractivity contribution in [2.45, 2.75) is 12.6 Å². The number of nitrogens with zero attached hydrogens (tertiary/aromatic N) is 5. The minimum Gasteiger partial charge on any atom is -0.383 e. The number of hydrogen-bond acceptors (Lipinski definition) is 7. The Balaban J connectivity index is 1.89. The first-order valence-electron chi connectivity index (χ1n) is 7.00. The van der Waals surface area contributed by atoms with E-state index in [1.807, 2.05) is 4.68 Å². The summed E-state index contributed by atoms with van der Waals surface area (Å²) < 4.78 is 12.4. The van der Waals surface area contributed by atoms with Crippen LogP contribution in [0.5, 0.6) is 0 Å². The van der Waals surface area contributed by atoms with Gasteiger partial charge in [0.15, 0.2) is 5.82 Å². The van der Waals surface area contributed by atoms with E-state index >= 15 is 0 Å². The predicted molar refractivity (Wildman–Crippen MR) is 78.2 cm³/mol. The molecule has 0 spiro atoms. The fraction of sp³-hybridized carbons (Fsp3) is 0.615. The van der Waals surface area contributed by atoms with Gasteiger partial charge in [-0.25, -0.2) is 4.68 Å². The molecule has 0 unspecified atom stereocenters. The van der Waals surface area contributed by atoms with E-state index in [1.165, 1.54) is 4.88 Å². The highest BCUT2D eigenvalue weighted by Gasteiger charge is 2.29. The number of rotatable bonds is 6. The van der Waals surface area contributed by atoms with E-state index < -0.39 is 0 Å². The highest BCUT2D eigenvalue weighted by Crippen LogP contribution is 2.30. The molecule has 0 saturated carbocycles. The first kappa shape index (κ1) is 14.6. The molecule has 0 aliphatic carbocycles. The van der Waals surface area contributed by atoms with E-state index in [1.54, 1.807) is 18.4 Å². The summed E-state index contributed by atoms with van der Waals surface area (Å²) in [4.78, 5) is 3.63. The Bertz CT molecular complexity index is 539. The second kappa shape index (κ2) is 7.08. The van der Waals surface area contributed by atoms with Crippen LogP contribution in [-0.4, -0.2) is 65.1 Å². The maximum absolute atomic E-state index is 5.46. The van der Waals surface area contributed by atoms with E-state index in [-0.39, 0.29) is 6.04 Å². The van der Waals surface area contributed by atoms with E-state index in [2.05, 4.69) is 37.9 Å². The second-order valence-corrected chi connectivity index (χ2v) is 5.80. The fourth-order valence-corrected chi connectivity index (χ4v) is 3.35. The van der Waals surface area contributed by atoms with Crippen LogP contribution in [0, 0.1) is 0 Å². The Morgan fingerprint density at radius 1 is 1.43 bits per heavy atom. The molecule has 2 aromatic rings. The largest absolute Gasteiger partial charge is 0.383 e. The number of thiophene rings is 1. The Hall–Kier alpha value is -1.35. The molecule has 0 aromatic carbocycles.